The fraction of sp³-hybridized carbons (Fsp3) is 0.182. The molecule has 2 aromatic rings. The van der Waals surface area contributed by atoms with Crippen LogP contribution in [0.15, 0.2) is 28.8 Å². The highest BCUT2D eigenvalue weighted by molar-refractivity contribution is 6.39. The number of benzene rings is 1. The van der Waals surface area contributed by atoms with Crippen LogP contribution in [0, 0.1) is 0 Å². The van der Waals surface area contributed by atoms with Gasteiger partial charge in [0, 0.05) is 12.6 Å². The lowest BCUT2D eigenvalue weighted by molar-refractivity contribution is 0.288. The molecule has 0 bridgehead atoms. The van der Waals surface area contributed by atoms with Crippen molar-refractivity contribution in [2.45, 2.75) is 0 Å². The Kier molecular flexibility index (Phi) is 5.75. The molecule has 0 atom stereocenters. The Labute approximate surface area is 120 Å². The monoisotopic (exact) mass is 308 g/mol. The minimum Gasteiger partial charge on any atom is -0.474 e. The van der Waals surface area contributed by atoms with Gasteiger partial charge in [-0.2, -0.15) is 0 Å². The second kappa shape index (κ2) is 6.85. The Morgan fingerprint density at radius 3 is 2.56 bits per heavy atom. The number of rotatable bonds is 4. The van der Waals surface area contributed by atoms with Gasteiger partial charge in [0.05, 0.1) is 15.6 Å². The number of ether oxygens (including phenoxy) is 1. The number of nitrogens with zero attached hydrogens (tertiary/aromatic N) is 1. The summed E-state index contributed by atoms with van der Waals surface area (Å²) in [4.78, 5) is 0. The van der Waals surface area contributed by atoms with E-state index in [0.717, 1.165) is 0 Å². The Morgan fingerprint density at radius 1 is 1.28 bits per heavy atom. The summed E-state index contributed by atoms with van der Waals surface area (Å²) in [5.74, 6) is 0.828. The molecule has 18 heavy (non-hydrogen) atoms. The molecule has 1 heterocycles. The van der Waals surface area contributed by atoms with Gasteiger partial charge < -0.3 is 15.0 Å². The summed E-state index contributed by atoms with van der Waals surface area (Å²) in [7, 11) is 0. The second-order valence-electron chi connectivity index (χ2n) is 3.26. The number of halogens is 3. The second-order valence-corrected chi connectivity index (χ2v) is 4.08. The number of hydrogen-bond donors (Lipinski definition) is 1. The summed E-state index contributed by atoms with van der Waals surface area (Å²) in [6, 6.07) is 6.84. The lowest BCUT2D eigenvalue weighted by atomic mass is 10.2. The topological polar surface area (TPSA) is 61.3 Å². The zero-order chi connectivity index (χ0) is 12.3. The molecule has 0 saturated carbocycles. The Balaban J connectivity index is 0.00000162. The first kappa shape index (κ1) is 15.1. The van der Waals surface area contributed by atoms with E-state index >= 15 is 0 Å². The average molecular weight is 310 g/mol. The van der Waals surface area contributed by atoms with E-state index in [1.165, 1.54) is 0 Å². The molecular weight excluding hydrogens is 298 g/mol. The standard InChI is InChI=1S/C11H10Cl2N2O2.ClH/c12-7-2-1-3-8(13)11(7)9-6-10(15-17-9)16-5-4-14;/h1-3,6H,4-5,14H2;1H. The average Bonchev–Trinajstić information content (AvgIpc) is 2.75. The van der Waals surface area contributed by atoms with Crippen molar-refractivity contribution in [3.05, 3.63) is 34.3 Å². The van der Waals surface area contributed by atoms with Gasteiger partial charge in [-0.1, -0.05) is 29.3 Å². The minimum atomic E-state index is 0. The first-order chi connectivity index (χ1) is 8.22. The first-order valence-electron chi connectivity index (χ1n) is 4.96. The van der Waals surface area contributed by atoms with Gasteiger partial charge in [-0.15, -0.1) is 12.4 Å². The fourth-order valence-electron chi connectivity index (χ4n) is 1.34. The molecule has 7 heteroatoms. The van der Waals surface area contributed by atoms with Crippen molar-refractivity contribution in [3.8, 4) is 17.2 Å². The predicted octanol–water partition coefficient (Wildman–Crippen LogP) is 3.41. The summed E-state index contributed by atoms with van der Waals surface area (Å²) in [5, 5.41) is 4.74. The highest BCUT2D eigenvalue weighted by Gasteiger charge is 2.14. The molecule has 0 aliphatic rings. The maximum absolute atomic E-state index is 6.04. The van der Waals surface area contributed by atoms with E-state index in [1.54, 1.807) is 24.3 Å². The minimum absolute atomic E-state index is 0. The van der Waals surface area contributed by atoms with Gasteiger partial charge in [-0.3, -0.25) is 0 Å². The highest BCUT2D eigenvalue weighted by Crippen LogP contribution is 2.35. The van der Waals surface area contributed by atoms with Crippen LogP contribution in [0.1, 0.15) is 0 Å². The summed E-state index contributed by atoms with van der Waals surface area (Å²) in [6.07, 6.45) is 0. The third kappa shape index (κ3) is 3.29. The van der Waals surface area contributed by atoms with Crippen LogP contribution in [0.4, 0.5) is 0 Å². The number of aromatic nitrogens is 1. The van der Waals surface area contributed by atoms with Crippen molar-refractivity contribution < 1.29 is 9.26 Å². The third-order valence-corrected chi connectivity index (χ3v) is 2.70. The van der Waals surface area contributed by atoms with E-state index in [0.29, 0.717) is 40.4 Å². The van der Waals surface area contributed by atoms with Crippen molar-refractivity contribution in [1.82, 2.24) is 5.16 Å². The maximum atomic E-state index is 6.04. The summed E-state index contributed by atoms with van der Waals surface area (Å²) in [5.41, 5.74) is 5.92. The van der Waals surface area contributed by atoms with Crippen LogP contribution in [0.5, 0.6) is 5.88 Å². The molecule has 1 aromatic heterocycles. The van der Waals surface area contributed by atoms with Crippen molar-refractivity contribution in [3.63, 3.8) is 0 Å². The van der Waals surface area contributed by atoms with E-state index in [9.17, 15) is 0 Å². The molecule has 0 unspecified atom stereocenters. The van der Waals surface area contributed by atoms with Crippen LogP contribution < -0.4 is 10.5 Å². The van der Waals surface area contributed by atoms with Crippen molar-refractivity contribution in [2.75, 3.05) is 13.2 Å². The van der Waals surface area contributed by atoms with Gasteiger partial charge in [0.1, 0.15) is 6.61 Å². The van der Waals surface area contributed by atoms with Crippen LogP contribution in [0.25, 0.3) is 11.3 Å². The predicted molar refractivity (Wildman–Crippen MR) is 73.8 cm³/mol. The molecular formula is C11H11Cl3N2O2. The van der Waals surface area contributed by atoms with Gasteiger partial charge >= 0.3 is 0 Å². The number of nitrogens with two attached hydrogens (primary N) is 1. The van der Waals surface area contributed by atoms with Crippen molar-refractivity contribution >= 4 is 35.6 Å². The van der Waals surface area contributed by atoms with Crippen LogP contribution in [0.2, 0.25) is 10.0 Å². The van der Waals surface area contributed by atoms with Crippen LogP contribution in [-0.4, -0.2) is 18.3 Å². The lowest BCUT2D eigenvalue weighted by Crippen LogP contribution is -2.10. The van der Waals surface area contributed by atoms with E-state index in [1.807, 2.05) is 0 Å². The summed E-state index contributed by atoms with van der Waals surface area (Å²) < 4.78 is 10.3. The fourth-order valence-corrected chi connectivity index (χ4v) is 1.93. The van der Waals surface area contributed by atoms with Crippen LogP contribution in [-0.2, 0) is 0 Å². The molecule has 0 aliphatic heterocycles. The largest absolute Gasteiger partial charge is 0.474 e. The van der Waals surface area contributed by atoms with Crippen LogP contribution in [0.3, 0.4) is 0 Å². The lowest BCUT2D eigenvalue weighted by Gasteiger charge is -2.01. The van der Waals surface area contributed by atoms with E-state index in [4.69, 9.17) is 38.2 Å². The third-order valence-electron chi connectivity index (χ3n) is 2.07. The summed E-state index contributed by atoms with van der Waals surface area (Å²) >= 11 is 12.1. The molecule has 0 saturated heterocycles. The molecule has 0 aliphatic carbocycles. The van der Waals surface area contributed by atoms with Crippen molar-refractivity contribution in [1.29, 1.82) is 0 Å². The quantitative estimate of drug-likeness (QED) is 0.940. The molecule has 0 amide bonds. The molecule has 2 rings (SSSR count). The molecule has 0 spiro atoms. The normalized spacial score (nSPS) is 9.94. The SMILES string of the molecule is Cl.NCCOc1cc(-c2c(Cl)cccc2Cl)on1. The molecule has 2 N–H and O–H groups in total. The van der Waals surface area contributed by atoms with Crippen LogP contribution >= 0.6 is 35.6 Å². The molecule has 0 fully saturated rings. The number of hydrogen-bond acceptors (Lipinski definition) is 4. The molecule has 4 nitrogen and oxygen atoms in total. The zero-order valence-corrected chi connectivity index (χ0v) is 11.6. The molecule has 98 valence electrons. The summed E-state index contributed by atoms with van der Waals surface area (Å²) in [6.45, 7) is 0.789. The van der Waals surface area contributed by atoms with E-state index < -0.39 is 0 Å². The first-order valence-corrected chi connectivity index (χ1v) is 5.72. The molecule has 0 radical (unpaired) electrons. The van der Waals surface area contributed by atoms with Gasteiger partial charge in [-0.05, 0) is 17.3 Å². The Morgan fingerprint density at radius 2 is 1.94 bits per heavy atom. The van der Waals surface area contributed by atoms with Gasteiger partial charge in [0.15, 0.2) is 5.76 Å². The highest BCUT2D eigenvalue weighted by atomic mass is 35.5. The van der Waals surface area contributed by atoms with Gasteiger partial charge in [0.25, 0.3) is 5.88 Å². The van der Waals surface area contributed by atoms with E-state index in [-0.39, 0.29) is 12.4 Å². The Hall–Kier alpha value is -0.940. The van der Waals surface area contributed by atoms with Crippen molar-refractivity contribution in [2.24, 2.45) is 5.73 Å². The smallest absolute Gasteiger partial charge is 0.254 e. The zero-order valence-electron chi connectivity index (χ0n) is 9.23. The Bertz CT molecular complexity index is 496. The van der Waals surface area contributed by atoms with E-state index in [2.05, 4.69) is 5.16 Å². The van der Waals surface area contributed by atoms with Gasteiger partial charge in [0.2, 0.25) is 0 Å². The maximum Gasteiger partial charge on any atom is 0.254 e. The molecule has 1 aromatic carbocycles. The van der Waals surface area contributed by atoms with Gasteiger partial charge in [-0.25, -0.2) is 0 Å².